The quantitative estimate of drug-likeness (QED) is 0.157. The second-order valence-electron chi connectivity index (χ2n) is 11.6. The Labute approximate surface area is 265 Å². The van der Waals surface area contributed by atoms with E-state index in [0.717, 1.165) is 74.0 Å². The number of hydrogen-bond acceptors (Lipinski definition) is 8. The smallest absolute Gasteiger partial charge is 0.426 e. The predicted molar refractivity (Wildman–Crippen MR) is 168 cm³/mol. The van der Waals surface area contributed by atoms with Crippen molar-refractivity contribution in [3.05, 3.63) is 59.2 Å². The number of anilines is 1. The lowest BCUT2D eigenvalue weighted by Gasteiger charge is -2.32. The molecule has 2 aliphatic heterocycles. The molecule has 2 aromatic rings. The first kappa shape index (κ1) is 33.9. The minimum Gasteiger partial charge on any atom is -0.463 e. The Balaban J connectivity index is 1.01. The molecule has 2 aromatic carbocycles. The van der Waals surface area contributed by atoms with Crippen molar-refractivity contribution in [3.8, 4) is 5.75 Å². The summed E-state index contributed by atoms with van der Waals surface area (Å²) in [6, 6.07) is 13.0. The Morgan fingerprint density at radius 2 is 1.80 bits per heavy atom. The molecule has 0 saturated carbocycles. The van der Waals surface area contributed by atoms with Crippen LogP contribution in [0.4, 0.5) is 20.1 Å². The van der Waals surface area contributed by atoms with E-state index in [9.17, 15) is 14.4 Å². The molecule has 0 spiro atoms. The molecule has 0 aromatic heterocycles. The van der Waals surface area contributed by atoms with E-state index in [0.29, 0.717) is 32.0 Å². The van der Waals surface area contributed by atoms with Crippen molar-refractivity contribution < 1.29 is 38.1 Å². The van der Waals surface area contributed by atoms with Crippen molar-refractivity contribution in [2.75, 3.05) is 38.2 Å². The van der Waals surface area contributed by atoms with Gasteiger partial charge in [0, 0.05) is 44.9 Å². The third-order valence-corrected chi connectivity index (χ3v) is 7.48. The summed E-state index contributed by atoms with van der Waals surface area (Å²) in [5.74, 6) is 0.176. The minimum absolute atomic E-state index is 0.216. The number of fused-ring (bicyclic) bond motifs is 1. The average Bonchev–Trinajstić information content (AvgIpc) is 3.38. The SMILES string of the molecule is CCOC(=O)NNC(=O)Nc1cccc(CCCCOCCCCCCN2CC(c3ccc4c(c3)COC(C)(C)O4)OC2=O)c1. The number of amides is 4. The van der Waals surface area contributed by atoms with E-state index in [1.807, 2.05) is 50.2 Å². The van der Waals surface area contributed by atoms with Gasteiger partial charge in [0.25, 0.3) is 0 Å². The van der Waals surface area contributed by atoms with E-state index in [4.69, 9.17) is 18.9 Å². The third kappa shape index (κ3) is 11.1. The molecule has 2 heterocycles. The number of unbranched alkanes of at least 4 members (excludes halogenated alkanes) is 4. The standard InChI is InChI=1S/C33H46N4O8/c1-4-42-31(39)36-35-30(38)34-27-14-11-13-24(20-27)12-7-10-19-41-18-9-6-5-8-17-37-22-29(44-32(37)40)25-15-16-28-26(21-25)23-43-33(2,3)45-28/h11,13-16,20-21,29H,4-10,12,17-19,22-23H2,1-3H3,(H,36,39)(H2,34,35,38). The molecule has 246 valence electrons. The fourth-order valence-corrected chi connectivity index (χ4v) is 5.16. The van der Waals surface area contributed by atoms with E-state index in [2.05, 4.69) is 20.9 Å². The molecule has 12 heteroatoms. The highest BCUT2D eigenvalue weighted by molar-refractivity contribution is 5.90. The number of nitrogens with one attached hydrogen (secondary N) is 3. The van der Waals surface area contributed by atoms with Crippen LogP contribution in [0.5, 0.6) is 5.75 Å². The first-order valence-corrected chi connectivity index (χ1v) is 15.8. The molecular formula is C33H46N4O8. The van der Waals surface area contributed by atoms with Crippen molar-refractivity contribution in [3.63, 3.8) is 0 Å². The normalized spacial score (nSPS) is 16.7. The number of benzene rings is 2. The lowest BCUT2D eigenvalue weighted by atomic mass is 10.0. The largest absolute Gasteiger partial charge is 0.463 e. The monoisotopic (exact) mass is 626 g/mol. The van der Waals surface area contributed by atoms with Crippen LogP contribution in [0.3, 0.4) is 0 Å². The van der Waals surface area contributed by atoms with Crippen molar-refractivity contribution in [1.82, 2.24) is 15.8 Å². The Morgan fingerprint density at radius 3 is 2.62 bits per heavy atom. The van der Waals surface area contributed by atoms with Gasteiger partial charge in [-0.15, -0.1) is 0 Å². The van der Waals surface area contributed by atoms with E-state index >= 15 is 0 Å². The van der Waals surface area contributed by atoms with Crippen LogP contribution in [-0.4, -0.2) is 61.8 Å². The van der Waals surface area contributed by atoms with Gasteiger partial charge in [-0.05, 0) is 74.4 Å². The molecule has 4 amide bonds. The molecule has 1 unspecified atom stereocenters. The fourth-order valence-electron chi connectivity index (χ4n) is 5.16. The maximum absolute atomic E-state index is 12.4. The number of cyclic esters (lactones) is 1. The summed E-state index contributed by atoms with van der Waals surface area (Å²) in [5, 5.41) is 2.68. The highest BCUT2D eigenvalue weighted by atomic mass is 16.7. The van der Waals surface area contributed by atoms with Crippen molar-refractivity contribution in [1.29, 1.82) is 0 Å². The zero-order valence-corrected chi connectivity index (χ0v) is 26.5. The van der Waals surface area contributed by atoms with Gasteiger partial charge in [-0.1, -0.05) is 31.0 Å². The van der Waals surface area contributed by atoms with Gasteiger partial charge in [0.1, 0.15) is 11.9 Å². The summed E-state index contributed by atoms with van der Waals surface area (Å²) >= 11 is 0. The lowest BCUT2D eigenvalue weighted by molar-refractivity contribution is -0.180. The first-order valence-electron chi connectivity index (χ1n) is 15.8. The first-order chi connectivity index (χ1) is 21.7. The van der Waals surface area contributed by atoms with Crippen LogP contribution in [0.15, 0.2) is 42.5 Å². The molecule has 0 bridgehead atoms. The number of ether oxygens (including phenoxy) is 5. The van der Waals surface area contributed by atoms with Gasteiger partial charge in [-0.2, -0.15) is 0 Å². The molecule has 4 rings (SSSR count). The maximum Gasteiger partial charge on any atom is 0.426 e. The van der Waals surface area contributed by atoms with E-state index in [-0.39, 0.29) is 18.8 Å². The minimum atomic E-state index is -0.720. The molecule has 2 aliphatic rings. The van der Waals surface area contributed by atoms with Gasteiger partial charge in [0.05, 0.1) is 19.8 Å². The number of aryl methyl sites for hydroxylation is 1. The molecule has 1 fully saturated rings. The molecule has 12 nitrogen and oxygen atoms in total. The molecule has 0 radical (unpaired) electrons. The van der Waals surface area contributed by atoms with Crippen LogP contribution in [0.1, 0.15) is 82.1 Å². The van der Waals surface area contributed by atoms with Crippen LogP contribution in [0.2, 0.25) is 0 Å². The second kappa shape index (κ2) is 16.9. The van der Waals surface area contributed by atoms with Crippen LogP contribution >= 0.6 is 0 Å². The van der Waals surface area contributed by atoms with Gasteiger partial charge in [0.15, 0.2) is 0 Å². The zero-order valence-electron chi connectivity index (χ0n) is 26.5. The van der Waals surface area contributed by atoms with Gasteiger partial charge < -0.3 is 33.9 Å². The number of hydrazine groups is 1. The predicted octanol–water partition coefficient (Wildman–Crippen LogP) is 6.21. The Bertz CT molecular complexity index is 1290. The molecule has 3 N–H and O–H groups in total. The van der Waals surface area contributed by atoms with Crippen LogP contribution in [0.25, 0.3) is 0 Å². The Morgan fingerprint density at radius 1 is 1.00 bits per heavy atom. The molecule has 45 heavy (non-hydrogen) atoms. The van der Waals surface area contributed by atoms with Gasteiger partial charge in [-0.25, -0.2) is 25.2 Å². The van der Waals surface area contributed by atoms with Crippen LogP contribution < -0.4 is 20.9 Å². The summed E-state index contributed by atoms with van der Waals surface area (Å²) in [6.07, 6.45) is 5.53. The highest BCUT2D eigenvalue weighted by Crippen LogP contribution is 2.35. The molecule has 1 saturated heterocycles. The number of carbonyl (C=O) groups is 3. The summed E-state index contributed by atoms with van der Waals surface area (Å²) in [6.45, 7) is 8.82. The molecular weight excluding hydrogens is 580 g/mol. The number of rotatable bonds is 15. The summed E-state index contributed by atoms with van der Waals surface area (Å²) in [4.78, 5) is 37.4. The van der Waals surface area contributed by atoms with Crippen molar-refractivity contribution in [2.45, 2.75) is 84.2 Å². The van der Waals surface area contributed by atoms with E-state index in [1.54, 1.807) is 17.9 Å². The van der Waals surface area contributed by atoms with Crippen LogP contribution in [-0.2, 0) is 32.0 Å². The molecule has 0 aliphatic carbocycles. The van der Waals surface area contributed by atoms with Crippen molar-refractivity contribution >= 4 is 23.9 Å². The third-order valence-electron chi connectivity index (χ3n) is 7.48. The number of carbonyl (C=O) groups excluding carboxylic acids is 3. The topological polar surface area (TPSA) is 137 Å². The van der Waals surface area contributed by atoms with Gasteiger partial charge in [-0.3, -0.25) is 0 Å². The summed E-state index contributed by atoms with van der Waals surface area (Å²) in [7, 11) is 0. The summed E-state index contributed by atoms with van der Waals surface area (Å²) < 4.78 is 27.8. The highest BCUT2D eigenvalue weighted by Gasteiger charge is 2.33. The maximum atomic E-state index is 12.4. The van der Waals surface area contributed by atoms with Crippen LogP contribution in [0, 0.1) is 0 Å². The van der Waals surface area contributed by atoms with E-state index < -0.39 is 17.9 Å². The van der Waals surface area contributed by atoms with Crippen molar-refractivity contribution in [2.24, 2.45) is 0 Å². The fraction of sp³-hybridized carbons (Fsp3) is 0.545. The molecule has 1 atom stereocenters. The second-order valence-corrected chi connectivity index (χ2v) is 11.6. The zero-order chi connectivity index (χ0) is 32.1. The number of urea groups is 1. The number of hydrogen-bond donors (Lipinski definition) is 3. The lowest BCUT2D eigenvalue weighted by Crippen LogP contribution is -2.44. The summed E-state index contributed by atoms with van der Waals surface area (Å²) in [5.41, 5.74) is 8.07. The Kier molecular flexibility index (Phi) is 12.7. The Hall–Kier alpha value is -4.03. The average molecular weight is 627 g/mol. The number of nitrogens with zero attached hydrogens (tertiary/aromatic N) is 1. The van der Waals surface area contributed by atoms with Gasteiger partial charge in [0.2, 0.25) is 5.79 Å². The van der Waals surface area contributed by atoms with E-state index in [1.165, 1.54) is 0 Å². The van der Waals surface area contributed by atoms with Gasteiger partial charge >= 0.3 is 18.2 Å².